The first kappa shape index (κ1) is 12.7. The number of rotatable bonds is 3. The Labute approximate surface area is 99.3 Å². The Morgan fingerprint density at radius 1 is 1.20 bits per heavy atom. The minimum Gasteiger partial charge on any atom is -0.282 e. The van der Waals surface area contributed by atoms with Crippen molar-refractivity contribution < 1.29 is 9.59 Å². The molecule has 2 amide bonds. The minimum atomic E-state index is -0.0460. The highest BCUT2D eigenvalue weighted by Crippen LogP contribution is 2.22. The Kier molecular flexibility index (Phi) is 4.32. The average molecular weight is 276 g/mol. The summed E-state index contributed by atoms with van der Waals surface area (Å²) in [4.78, 5) is 24.9. The van der Waals surface area contributed by atoms with E-state index in [9.17, 15) is 9.59 Å². The normalized spacial score (nSPS) is 19.3. The fourth-order valence-corrected chi connectivity index (χ4v) is 1.79. The number of alkyl halides is 1. The van der Waals surface area contributed by atoms with Gasteiger partial charge in [0.05, 0.1) is 0 Å². The summed E-state index contributed by atoms with van der Waals surface area (Å²) in [6.45, 7) is 4.62. The van der Waals surface area contributed by atoms with Crippen molar-refractivity contribution in [3.05, 3.63) is 0 Å². The molecule has 15 heavy (non-hydrogen) atoms. The molecule has 1 aliphatic rings. The Morgan fingerprint density at radius 2 is 1.67 bits per heavy atom. The lowest BCUT2D eigenvalue weighted by molar-refractivity contribution is -0.145. The third-order valence-electron chi connectivity index (χ3n) is 2.58. The van der Waals surface area contributed by atoms with Gasteiger partial charge in [-0.3, -0.25) is 14.5 Å². The maximum Gasteiger partial charge on any atom is 0.229 e. The molecule has 0 radical (unpaired) electrons. The first-order chi connectivity index (χ1) is 6.96. The number of likely N-dealkylation sites (tertiary alicyclic amines) is 1. The van der Waals surface area contributed by atoms with E-state index in [-0.39, 0.29) is 17.2 Å². The number of hydrogen-bond donors (Lipinski definition) is 0. The van der Waals surface area contributed by atoms with Crippen molar-refractivity contribution in [2.75, 3.05) is 11.9 Å². The van der Waals surface area contributed by atoms with Crippen molar-refractivity contribution in [1.29, 1.82) is 0 Å². The van der Waals surface area contributed by atoms with E-state index < -0.39 is 0 Å². The van der Waals surface area contributed by atoms with Crippen LogP contribution in [0.1, 0.15) is 39.5 Å². The van der Waals surface area contributed by atoms with Crippen LogP contribution in [0.2, 0.25) is 0 Å². The summed E-state index contributed by atoms with van der Waals surface area (Å²) in [5.74, 6) is -0.0157. The van der Waals surface area contributed by atoms with Crippen LogP contribution in [0.15, 0.2) is 0 Å². The van der Waals surface area contributed by atoms with Crippen LogP contribution in [0, 0.1) is 5.41 Å². The molecule has 0 N–H and O–H groups in total. The zero-order valence-corrected chi connectivity index (χ0v) is 11.0. The standard InChI is InChI=1S/C11H18BrNO2/c1-11(2,7-12)8-13-9(14)5-3-4-6-10(13)15/h3-8H2,1-2H3. The predicted octanol–water partition coefficient (Wildman–Crippen LogP) is 2.34. The smallest absolute Gasteiger partial charge is 0.229 e. The monoisotopic (exact) mass is 275 g/mol. The van der Waals surface area contributed by atoms with Gasteiger partial charge in [0.1, 0.15) is 0 Å². The van der Waals surface area contributed by atoms with Gasteiger partial charge in [0.25, 0.3) is 0 Å². The molecular formula is C11H18BrNO2. The van der Waals surface area contributed by atoms with E-state index in [0.717, 1.165) is 18.2 Å². The zero-order valence-electron chi connectivity index (χ0n) is 9.38. The predicted molar refractivity (Wildman–Crippen MR) is 62.8 cm³/mol. The number of carbonyl (C=O) groups is 2. The van der Waals surface area contributed by atoms with Gasteiger partial charge in [0, 0.05) is 24.7 Å². The topological polar surface area (TPSA) is 37.4 Å². The van der Waals surface area contributed by atoms with Gasteiger partial charge >= 0.3 is 0 Å². The molecular weight excluding hydrogens is 258 g/mol. The van der Waals surface area contributed by atoms with E-state index in [2.05, 4.69) is 15.9 Å². The fraction of sp³-hybridized carbons (Fsp3) is 0.818. The summed E-state index contributed by atoms with van der Waals surface area (Å²) in [6.07, 6.45) is 2.72. The molecule has 0 aliphatic carbocycles. The van der Waals surface area contributed by atoms with E-state index in [4.69, 9.17) is 0 Å². The summed E-state index contributed by atoms with van der Waals surface area (Å²) in [5.41, 5.74) is -0.0460. The molecule has 1 rings (SSSR count). The Balaban J connectivity index is 2.71. The zero-order chi connectivity index (χ0) is 11.5. The Bertz CT molecular complexity index is 245. The van der Waals surface area contributed by atoms with Crippen molar-refractivity contribution in [2.45, 2.75) is 39.5 Å². The van der Waals surface area contributed by atoms with Crippen molar-refractivity contribution in [3.8, 4) is 0 Å². The van der Waals surface area contributed by atoms with Crippen molar-refractivity contribution in [1.82, 2.24) is 4.90 Å². The highest BCUT2D eigenvalue weighted by molar-refractivity contribution is 9.09. The van der Waals surface area contributed by atoms with Crippen LogP contribution >= 0.6 is 15.9 Å². The lowest BCUT2D eigenvalue weighted by Crippen LogP contribution is -2.42. The third-order valence-corrected chi connectivity index (χ3v) is 4.10. The average Bonchev–Trinajstić information content (AvgIpc) is 2.33. The van der Waals surface area contributed by atoms with E-state index >= 15 is 0 Å². The number of halogens is 1. The van der Waals surface area contributed by atoms with Crippen molar-refractivity contribution in [2.24, 2.45) is 5.41 Å². The van der Waals surface area contributed by atoms with Gasteiger partial charge in [0.15, 0.2) is 0 Å². The summed E-state index contributed by atoms with van der Waals surface area (Å²) < 4.78 is 0. The number of carbonyl (C=O) groups excluding carboxylic acids is 2. The SMILES string of the molecule is CC(C)(CBr)CN1C(=O)CCCCC1=O. The quantitative estimate of drug-likeness (QED) is 0.586. The number of imide groups is 1. The van der Waals surface area contributed by atoms with Crippen LogP contribution < -0.4 is 0 Å². The molecule has 0 atom stereocenters. The first-order valence-corrected chi connectivity index (χ1v) is 6.47. The van der Waals surface area contributed by atoms with Crippen LogP contribution in [-0.2, 0) is 9.59 Å². The van der Waals surface area contributed by atoms with E-state index in [1.165, 1.54) is 4.90 Å². The molecule has 0 unspecified atom stereocenters. The first-order valence-electron chi connectivity index (χ1n) is 5.35. The summed E-state index contributed by atoms with van der Waals surface area (Å²) >= 11 is 3.41. The van der Waals surface area contributed by atoms with Crippen LogP contribution in [0.25, 0.3) is 0 Å². The second-order valence-electron chi connectivity index (χ2n) is 4.88. The van der Waals surface area contributed by atoms with Gasteiger partial charge in [-0.2, -0.15) is 0 Å². The molecule has 0 aromatic heterocycles. The highest BCUT2D eigenvalue weighted by atomic mass is 79.9. The highest BCUT2D eigenvalue weighted by Gasteiger charge is 2.29. The molecule has 0 saturated carbocycles. The van der Waals surface area contributed by atoms with Crippen LogP contribution in [0.4, 0.5) is 0 Å². The maximum absolute atomic E-state index is 11.7. The maximum atomic E-state index is 11.7. The van der Waals surface area contributed by atoms with E-state index in [0.29, 0.717) is 19.4 Å². The second-order valence-corrected chi connectivity index (χ2v) is 5.44. The third kappa shape index (κ3) is 3.59. The van der Waals surface area contributed by atoms with Gasteiger partial charge in [-0.15, -0.1) is 0 Å². The summed E-state index contributed by atoms with van der Waals surface area (Å²) in [5, 5.41) is 0.789. The lowest BCUT2D eigenvalue weighted by atomic mass is 9.95. The summed E-state index contributed by atoms with van der Waals surface area (Å²) in [6, 6.07) is 0. The van der Waals surface area contributed by atoms with Crippen LogP contribution in [0.3, 0.4) is 0 Å². The minimum absolute atomic E-state index is 0.00785. The van der Waals surface area contributed by atoms with Crippen molar-refractivity contribution in [3.63, 3.8) is 0 Å². The molecule has 3 nitrogen and oxygen atoms in total. The number of amides is 2. The molecule has 0 aromatic rings. The molecule has 1 saturated heterocycles. The Hall–Kier alpha value is -0.380. The molecule has 4 heteroatoms. The van der Waals surface area contributed by atoms with Crippen LogP contribution in [0.5, 0.6) is 0 Å². The van der Waals surface area contributed by atoms with E-state index in [1.807, 2.05) is 13.8 Å². The van der Waals surface area contributed by atoms with Gasteiger partial charge < -0.3 is 0 Å². The van der Waals surface area contributed by atoms with Crippen molar-refractivity contribution >= 4 is 27.7 Å². The van der Waals surface area contributed by atoms with Gasteiger partial charge in [-0.05, 0) is 18.3 Å². The molecule has 0 spiro atoms. The van der Waals surface area contributed by atoms with E-state index in [1.54, 1.807) is 0 Å². The molecule has 1 heterocycles. The number of nitrogens with zero attached hydrogens (tertiary/aromatic N) is 1. The second kappa shape index (κ2) is 5.10. The van der Waals surface area contributed by atoms with Gasteiger partial charge in [-0.25, -0.2) is 0 Å². The number of hydrogen-bond acceptors (Lipinski definition) is 2. The van der Waals surface area contributed by atoms with Gasteiger partial charge in [0.2, 0.25) is 11.8 Å². The largest absolute Gasteiger partial charge is 0.282 e. The fourth-order valence-electron chi connectivity index (χ4n) is 1.61. The van der Waals surface area contributed by atoms with Gasteiger partial charge in [-0.1, -0.05) is 29.8 Å². The lowest BCUT2D eigenvalue weighted by Gasteiger charge is -2.29. The molecule has 1 aliphatic heterocycles. The molecule has 0 bridgehead atoms. The molecule has 86 valence electrons. The molecule has 0 aromatic carbocycles. The Morgan fingerprint density at radius 3 is 2.07 bits per heavy atom. The molecule has 1 fully saturated rings. The van der Waals surface area contributed by atoms with Crippen LogP contribution in [-0.4, -0.2) is 28.6 Å². The summed E-state index contributed by atoms with van der Waals surface area (Å²) in [7, 11) is 0.